The van der Waals surface area contributed by atoms with E-state index in [0.29, 0.717) is 29.1 Å². The molecule has 172 valence electrons. The number of carbonyl (C=O) groups is 2. The van der Waals surface area contributed by atoms with Gasteiger partial charge < -0.3 is 4.74 Å². The first kappa shape index (κ1) is 24.0. The van der Waals surface area contributed by atoms with Crippen LogP contribution in [0.1, 0.15) is 58.3 Å². The van der Waals surface area contributed by atoms with Crippen molar-refractivity contribution < 1.29 is 14.3 Å². The third-order valence-electron chi connectivity index (χ3n) is 4.42. The Balaban J connectivity index is 1.97. The summed E-state index contributed by atoms with van der Waals surface area (Å²) in [6.45, 7) is 11.3. The van der Waals surface area contributed by atoms with E-state index in [2.05, 4.69) is 25.7 Å². The molecule has 2 aromatic carbocycles. The number of hydrogen-bond donors (Lipinski definition) is 1. The molecule has 0 spiro atoms. The van der Waals surface area contributed by atoms with Gasteiger partial charge in [0.05, 0.1) is 5.69 Å². The first-order valence-corrected chi connectivity index (χ1v) is 10.7. The summed E-state index contributed by atoms with van der Waals surface area (Å²) >= 11 is 0. The van der Waals surface area contributed by atoms with Crippen LogP contribution in [0.2, 0.25) is 0 Å². The molecule has 1 amide bonds. The fourth-order valence-electron chi connectivity index (χ4n) is 3.05. The number of nitrogens with zero attached hydrogens (tertiary/aromatic N) is 4. The van der Waals surface area contributed by atoms with Crippen molar-refractivity contribution >= 4 is 17.6 Å². The van der Waals surface area contributed by atoms with Crippen molar-refractivity contribution in [3.8, 4) is 22.8 Å². The molecule has 0 fully saturated rings. The normalized spacial score (nSPS) is 11.7. The van der Waals surface area contributed by atoms with Crippen molar-refractivity contribution in [3.05, 3.63) is 54.1 Å². The van der Waals surface area contributed by atoms with Crippen LogP contribution in [0.5, 0.6) is 0 Å². The van der Waals surface area contributed by atoms with Gasteiger partial charge in [0, 0.05) is 23.1 Å². The minimum Gasteiger partial charge on any atom is -0.444 e. The molecule has 3 rings (SSSR count). The van der Waals surface area contributed by atoms with E-state index in [1.807, 2.05) is 51.1 Å². The molecule has 0 atom stereocenters. The summed E-state index contributed by atoms with van der Waals surface area (Å²) in [5, 5.41) is 19.5. The van der Waals surface area contributed by atoms with Crippen molar-refractivity contribution in [3.63, 3.8) is 0 Å². The SMILES string of the molecule is CC(C)(C)CC(=O)c1ccc(-c2nnc(-c3ccccc3)nn2)c(NC(=O)OC(C)(C)C)c1. The smallest absolute Gasteiger partial charge is 0.412 e. The number of carbonyl (C=O) groups excluding carboxylic acids is 2. The third-order valence-corrected chi connectivity index (χ3v) is 4.42. The van der Waals surface area contributed by atoms with Crippen LogP contribution in [-0.4, -0.2) is 37.9 Å². The molecular formula is C25H29N5O3. The molecule has 0 radical (unpaired) electrons. The predicted molar refractivity (Wildman–Crippen MR) is 127 cm³/mol. The van der Waals surface area contributed by atoms with Crippen molar-refractivity contribution in [1.82, 2.24) is 20.4 Å². The molecular weight excluding hydrogens is 418 g/mol. The largest absolute Gasteiger partial charge is 0.444 e. The highest BCUT2D eigenvalue weighted by molar-refractivity contribution is 6.00. The maximum Gasteiger partial charge on any atom is 0.412 e. The van der Waals surface area contributed by atoms with Crippen LogP contribution in [0.25, 0.3) is 22.8 Å². The number of anilines is 1. The Morgan fingerprint density at radius 3 is 2.03 bits per heavy atom. The molecule has 8 heteroatoms. The Morgan fingerprint density at radius 1 is 0.848 bits per heavy atom. The number of amides is 1. The fraction of sp³-hybridized carbons (Fsp3) is 0.360. The second-order valence-electron chi connectivity index (χ2n) is 9.96. The molecule has 1 heterocycles. The minimum atomic E-state index is -0.680. The topological polar surface area (TPSA) is 107 Å². The molecule has 0 saturated carbocycles. The number of ether oxygens (including phenoxy) is 1. The number of aromatic nitrogens is 4. The molecule has 0 aliphatic rings. The van der Waals surface area contributed by atoms with Crippen molar-refractivity contribution in [1.29, 1.82) is 0 Å². The van der Waals surface area contributed by atoms with E-state index < -0.39 is 11.7 Å². The summed E-state index contributed by atoms with van der Waals surface area (Å²) in [7, 11) is 0. The second-order valence-corrected chi connectivity index (χ2v) is 9.96. The molecule has 0 unspecified atom stereocenters. The van der Waals surface area contributed by atoms with Gasteiger partial charge in [-0.2, -0.15) is 0 Å². The molecule has 0 aliphatic heterocycles. The standard InChI is InChI=1S/C25H29N5O3/c1-24(2,3)15-20(31)17-12-13-18(19(14-17)26-23(32)33-25(4,5)6)22-29-27-21(28-30-22)16-10-8-7-9-11-16/h7-14H,15H2,1-6H3,(H,26,32). The monoisotopic (exact) mass is 447 g/mol. The van der Waals surface area contributed by atoms with E-state index in [1.165, 1.54) is 0 Å². The number of Topliss-reactive ketones (excluding diaryl/α,β-unsaturated/α-hetero) is 1. The van der Waals surface area contributed by atoms with Gasteiger partial charge in [-0.1, -0.05) is 57.2 Å². The summed E-state index contributed by atoms with van der Waals surface area (Å²) in [5.41, 5.74) is 1.24. The highest BCUT2D eigenvalue weighted by Crippen LogP contribution is 2.29. The summed E-state index contributed by atoms with van der Waals surface area (Å²) in [6.07, 6.45) is -0.283. The van der Waals surface area contributed by atoms with Gasteiger partial charge in [0.25, 0.3) is 0 Å². The zero-order valence-corrected chi connectivity index (χ0v) is 19.8. The fourth-order valence-corrected chi connectivity index (χ4v) is 3.05. The molecule has 0 bridgehead atoms. The van der Waals surface area contributed by atoms with Crippen LogP contribution in [-0.2, 0) is 4.74 Å². The maximum absolute atomic E-state index is 12.8. The van der Waals surface area contributed by atoms with Crippen molar-refractivity contribution in [2.24, 2.45) is 5.41 Å². The van der Waals surface area contributed by atoms with E-state index in [9.17, 15) is 9.59 Å². The maximum atomic E-state index is 12.8. The minimum absolute atomic E-state index is 0.0297. The van der Waals surface area contributed by atoms with Crippen LogP contribution in [0, 0.1) is 5.41 Å². The molecule has 8 nitrogen and oxygen atoms in total. The molecule has 1 N–H and O–H groups in total. The van der Waals surface area contributed by atoms with Gasteiger partial charge in [-0.3, -0.25) is 10.1 Å². The Labute approximate surface area is 193 Å². The zero-order valence-electron chi connectivity index (χ0n) is 19.8. The third kappa shape index (κ3) is 6.90. The van der Waals surface area contributed by atoms with E-state index >= 15 is 0 Å². The van der Waals surface area contributed by atoms with Crippen molar-refractivity contribution in [2.45, 2.75) is 53.6 Å². The van der Waals surface area contributed by atoms with Crippen LogP contribution in [0.15, 0.2) is 48.5 Å². The van der Waals surface area contributed by atoms with Gasteiger partial charge in [0.1, 0.15) is 5.60 Å². The Hall–Kier alpha value is -3.68. The summed E-state index contributed by atoms with van der Waals surface area (Å²) < 4.78 is 5.38. The summed E-state index contributed by atoms with van der Waals surface area (Å²) in [4.78, 5) is 25.2. The van der Waals surface area contributed by atoms with E-state index in [1.54, 1.807) is 39.0 Å². The van der Waals surface area contributed by atoms with Crippen LogP contribution in [0.3, 0.4) is 0 Å². The molecule has 33 heavy (non-hydrogen) atoms. The predicted octanol–water partition coefficient (Wildman–Crippen LogP) is 5.57. The lowest BCUT2D eigenvalue weighted by Gasteiger charge is -2.21. The van der Waals surface area contributed by atoms with Crippen molar-refractivity contribution in [2.75, 3.05) is 5.32 Å². The number of hydrogen-bond acceptors (Lipinski definition) is 7. The lowest BCUT2D eigenvalue weighted by Crippen LogP contribution is -2.27. The Kier molecular flexibility index (Phi) is 6.86. The average Bonchev–Trinajstić information content (AvgIpc) is 2.72. The number of nitrogens with one attached hydrogen (secondary N) is 1. The van der Waals surface area contributed by atoms with Gasteiger partial charge in [0.15, 0.2) is 5.78 Å². The highest BCUT2D eigenvalue weighted by atomic mass is 16.6. The molecule has 3 aromatic rings. The van der Waals surface area contributed by atoms with Crippen LogP contribution < -0.4 is 5.32 Å². The first-order chi connectivity index (χ1) is 15.4. The van der Waals surface area contributed by atoms with E-state index in [0.717, 1.165) is 5.56 Å². The highest BCUT2D eigenvalue weighted by Gasteiger charge is 2.22. The number of benzene rings is 2. The average molecular weight is 448 g/mol. The van der Waals surface area contributed by atoms with Gasteiger partial charge in [-0.15, -0.1) is 20.4 Å². The lowest BCUT2D eigenvalue weighted by molar-refractivity contribution is 0.0635. The lowest BCUT2D eigenvalue weighted by atomic mass is 9.87. The van der Waals surface area contributed by atoms with Gasteiger partial charge in [-0.25, -0.2) is 4.79 Å². The zero-order chi connectivity index (χ0) is 24.2. The Morgan fingerprint density at radius 2 is 1.45 bits per heavy atom. The van der Waals surface area contributed by atoms with E-state index in [-0.39, 0.29) is 17.0 Å². The second kappa shape index (κ2) is 9.44. The summed E-state index contributed by atoms with van der Waals surface area (Å²) in [5.74, 6) is 0.575. The molecule has 0 saturated heterocycles. The van der Waals surface area contributed by atoms with Gasteiger partial charge in [-0.05, 0) is 38.3 Å². The first-order valence-electron chi connectivity index (χ1n) is 10.7. The van der Waals surface area contributed by atoms with Crippen LogP contribution >= 0.6 is 0 Å². The Bertz CT molecular complexity index is 1130. The summed E-state index contributed by atoms with van der Waals surface area (Å²) in [6, 6.07) is 14.4. The molecule has 0 aliphatic carbocycles. The quantitative estimate of drug-likeness (QED) is 0.510. The number of rotatable bonds is 5. The van der Waals surface area contributed by atoms with Gasteiger partial charge >= 0.3 is 6.09 Å². The number of ketones is 1. The van der Waals surface area contributed by atoms with Gasteiger partial charge in [0.2, 0.25) is 11.6 Å². The van der Waals surface area contributed by atoms with Crippen LogP contribution in [0.4, 0.5) is 10.5 Å². The molecule has 1 aromatic heterocycles. The van der Waals surface area contributed by atoms with E-state index in [4.69, 9.17) is 4.74 Å².